The molecule has 0 spiro atoms. The average molecular weight is 272 g/mol. The number of halogens is 1. The summed E-state index contributed by atoms with van der Waals surface area (Å²) in [5.41, 5.74) is 7.32. The van der Waals surface area contributed by atoms with Gasteiger partial charge in [0, 0.05) is 0 Å². The summed E-state index contributed by atoms with van der Waals surface area (Å²) in [5, 5.41) is 0.982. The Kier molecular flexibility index (Phi) is 2.72. The molecule has 2 aromatic carbocycles. The Bertz CT molecular complexity index is 826. The second kappa shape index (κ2) is 4.40. The Morgan fingerprint density at radius 3 is 2.74 bits per heavy atom. The summed E-state index contributed by atoms with van der Waals surface area (Å²) in [6, 6.07) is 12.3. The van der Waals surface area contributed by atoms with Gasteiger partial charge in [-0.3, -0.25) is 9.36 Å². The number of para-hydroxylation sites is 1. The molecule has 5 heteroatoms. The highest BCUT2D eigenvalue weighted by Gasteiger charge is 2.06. The van der Waals surface area contributed by atoms with Crippen LogP contribution in [0.4, 0.5) is 5.69 Å². The number of aromatic nitrogens is 2. The molecule has 0 aliphatic heterocycles. The van der Waals surface area contributed by atoms with Crippen molar-refractivity contribution < 1.29 is 0 Å². The fourth-order valence-electron chi connectivity index (χ4n) is 1.92. The number of fused-ring (bicyclic) bond motifs is 1. The third-order valence-corrected chi connectivity index (χ3v) is 3.26. The van der Waals surface area contributed by atoms with Crippen LogP contribution in [0.3, 0.4) is 0 Å². The van der Waals surface area contributed by atoms with Gasteiger partial charge in [-0.15, -0.1) is 0 Å². The molecule has 0 bridgehead atoms. The van der Waals surface area contributed by atoms with Gasteiger partial charge in [0.25, 0.3) is 5.56 Å². The molecular weight excluding hydrogens is 262 g/mol. The molecule has 1 heterocycles. The quantitative estimate of drug-likeness (QED) is 0.692. The first-order chi connectivity index (χ1) is 9.16. The van der Waals surface area contributed by atoms with E-state index in [1.807, 2.05) is 12.1 Å². The van der Waals surface area contributed by atoms with E-state index in [9.17, 15) is 4.79 Å². The Morgan fingerprint density at radius 1 is 1.16 bits per heavy atom. The van der Waals surface area contributed by atoms with Gasteiger partial charge in [-0.25, -0.2) is 4.98 Å². The number of nitrogen functional groups attached to an aromatic ring is 1. The maximum atomic E-state index is 12.4. The van der Waals surface area contributed by atoms with Gasteiger partial charge < -0.3 is 5.73 Å². The van der Waals surface area contributed by atoms with Gasteiger partial charge in [0.05, 0.1) is 27.3 Å². The molecule has 1 aromatic heterocycles. The maximum Gasteiger partial charge on any atom is 0.265 e. The highest BCUT2D eigenvalue weighted by Crippen LogP contribution is 2.21. The Hall–Kier alpha value is -2.33. The zero-order chi connectivity index (χ0) is 13.4. The zero-order valence-electron chi connectivity index (χ0n) is 9.88. The standard InChI is InChI=1S/C14H10ClN3O/c15-11-7-9(5-6-12(11)16)18-8-17-13-4-2-1-3-10(13)14(18)19/h1-8H,16H2. The van der Waals surface area contributed by atoms with E-state index in [1.54, 1.807) is 30.3 Å². The molecular formula is C14H10ClN3O. The zero-order valence-corrected chi connectivity index (χ0v) is 10.6. The van der Waals surface area contributed by atoms with Crippen molar-refractivity contribution in [2.75, 3.05) is 5.73 Å². The van der Waals surface area contributed by atoms with Crippen LogP contribution < -0.4 is 11.3 Å². The van der Waals surface area contributed by atoms with E-state index >= 15 is 0 Å². The highest BCUT2D eigenvalue weighted by atomic mass is 35.5. The lowest BCUT2D eigenvalue weighted by atomic mass is 10.2. The van der Waals surface area contributed by atoms with Crippen molar-refractivity contribution in [2.45, 2.75) is 0 Å². The van der Waals surface area contributed by atoms with Crippen LogP contribution in [0.2, 0.25) is 5.02 Å². The van der Waals surface area contributed by atoms with Crippen LogP contribution in [-0.4, -0.2) is 9.55 Å². The van der Waals surface area contributed by atoms with Gasteiger partial charge in [-0.05, 0) is 30.3 Å². The van der Waals surface area contributed by atoms with Crippen molar-refractivity contribution >= 4 is 28.2 Å². The lowest BCUT2D eigenvalue weighted by Crippen LogP contribution is -2.18. The predicted octanol–water partition coefficient (Wildman–Crippen LogP) is 2.62. The van der Waals surface area contributed by atoms with E-state index in [1.165, 1.54) is 10.9 Å². The van der Waals surface area contributed by atoms with Crippen LogP contribution in [0, 0.1) is 0 Å². The number of anilines is 1. The van der Waals surface area contributed by atoms with Crippen molar-refractivity contribution in [3.05, 3.63) is 64.2 Å². The molecule has 19 heavy (non-hydrogen) atoms. The minimum Gasteiger partial charge on any atom is -0.398 e. The summed E-state index contributed by atoms with van der Waals surface area (Å²) >= 11 is 5.97. The summed E-state index contributed by atoms with van der Waals surface area (Å²) in [5.74, 6) is 0. The van der Waals surface area contributed by atoms with Gasteiger partial charge in [-0.2, -0.15) is 0 Å². The van der Waals surface area contributed by atoms with E-state index < -0.39 is 0 Å². The molecule has 94 valence electrons. The number of nitrogens with two attached hydrogens (primary N) is 1. The normalized spacial score (nSPS) is 10.8. The number of hydrogen-bond donors (Lipinski definition) is 1. The van der Waals surface area contributed by atoms with E-state index in [0.717, 1.165) is 0 Å². The molecule has 0 saturated carbocycles. The minimum atomic E-state index is -0.133. The first-order valence-corrected chi connectivity index (χ1v) is 6.06. The molecule has 4 nitrogen and oxygen atoms in total. The fourth-order valence-corrected chi connectivity index (χ4v) is 2.09. The van der Waals surface area contributed by atoms with E-state index in [-0.39, 0.29) is 5.56 Å². The second-order valence-corrected chi connectivity index (χ2v) is 4.55. The molecule has 0 atom stereocenters. The monoisotopic (exact) mass is 271 g/mol. The van der Waals surface area contributed by atoms with Crippen LogP contribution in [-0.2, 0) is 0 Å². The smallest absolute Gasteiger partial charge is 0.265 e. The van der Waals surface area contributed by atoms with E-state index in [2.05, 4.69) is 4.98 Å². The van der Waals surface area contributed by atoms with Gasteiger partial charge >= 0.3 is 0 Å². The van der Waals surface area contributed by atoms with E-state index in [4.69, 9.17) is 17.3 Å². The van der Waals surface area contributed by atoms with Crippen LogP contribution >= 0.6 is 11.6 Å². The molecule has 3 aromatic rings. The lowest BCUT2D eigenvalue weighted by Gasteiger charge is -2.07. The summed E-state index contributed by atoms with van der Waals surface area (Å²) in [7, 11) is 0. The molecule has 0 amide bonds. The van der Waals surface area contributed by atoms with Gasteiger partial charge in [0.2, 0.25) is 0 Å². The van der Waals surface area contributed by atoms with Crippen molar-refractivity contribution in [1.82, 2.24) is 9.55 Å². The van der Waals surface area contributed by atoms with Crippen LogP contribution in [0.15, 0.2) is 53.6 Å². The minimum absolute atomic E-state index is 0.133. The summed E-state index contributed by atoms with van der Waals surface area (Å²) in [4.78, 5) is 16.6. The Morgan fingerprint density at radius 2 is 1.95 bits per heavy atom. The average Bonchev–Trinajstić information content (AvgIpc) is 2.43. The van der Waals surface area contributed by atoms with Crippen LogP contribution in [0.1, 0.15) is 0 Å². The largest absolute Gasteiger partial charge is 0.398 e. The molecule has 0 fully saturated rings. The molecule has 0 radical (unpaired) electrons. The topological polar surface area (TPSA) is 60.9 Å². The highest BCUT2D eigenvalue weighted by molar-refractivity contribution is 6.33. The molecule has 0 aliphatic rings. The van der Waals surface area contributed by atoms with Gasteiger partial charge in [0.15, 0.2) is 0 Å². The molecule has 0 saturated heterocycles. The number of nitrogens with zero attached hydrogens (tertiary/aromatic N) is 2. The first-order valence-electron chi connectivity index (χ1n) is 5.68. The van der Waals surface area contributed by atoms with Crippen LogP contribution in [0.5, 0.6) is 0 Å². The van der Waals surface area contributed by atoms with Crippen molar-refractivity contribution in [3.63, 3.8) is 0 Å². The molecule has 0 aliphatic carbocycles. The Labute approximate surface area is 114 Å². The fraction of sp³-hybridized carbons (Fsp3) is 0. The van der Waals surface area contributed by atoms with Crippen molar-refractivity contribution in [2.24, 2.45) is 0 Å². The first kappa shape index (κ1) is 11.7. The number of rotatable bonds is 1. The number of benzene rings is 2. The molecule has 2 N–H and O–H groups in total. The maximum absolute atomic E-state index is 12.4. The van der Waals surface area contributed by atoms with Crippen molar-refractivity contribution in [1.29, 1.82) is 0 Å². The second-order valence-electron chi connectivity index (χ2n) is 4.14. The SMILES string of the molecule is Nc1ccc(-n2cnc3ccccc3c2=O)cc1Cl. The predicted molar refractivity (Wildman–Crippen MR) is 76.8 cm³/mol. The molecule has 0 unspecified atom stereocenters. The summed E-state index contributed by atoms with van der Waals surface area (Å²) < 4.78 is 1.45. The van der Waals surface area contributed by atoms with Crippen LogP contribution in [0.25, 0.3) is 16.6 Å². The Balaban J connectivity index is 2.28. The summed E-state index contributed by atoms with van der Waals surface area (Å²) in [6.07, 6.45) is 1.49. The molecule has 3 rings (SSSR count). The summed E-state index contributed by atoms with van der Waals surface area (Å²) in [6.45, 7) is 0. The number of hydrogen-bond acceptors (Lipinski definition) is 3. The third-order valence-electron chi connectivity index (χ3n) is 2.93. The van der Waals surface area contributed by atoms with E-state index in [0.29, 0.717) is 27.3 Å². The third kappa shape index (κ3) is 1.96. The van der Waals surface area contributed by atoms with Gasteiger partial charge in [-0.1, -0.05) is 23.7 Å². The lowest BCUT2D eigenvalue weighted by molar-refractivity contribution is 0.963. The van der Waals surface area contributed by atoms with Gasteiger partial charge in [0.1, 0.15) is 6.33 Å². The van der Waals surface area contributed by atoms with Crippen molar-refractivity contribution in [3.8, 4) is 5.69 Å².